The number of allylic oxidation sites excluding steroid dienone is 2. The number of aliphatic hydroxyl groups is 3. The van der Waals surface area contributed by atoms with Crippen LogP contribution < -0.4 is 4.74 Å². The van der Waals surface area contributed by atoms with Crippen molar-refractivity contribution < 1.29 is 24.9 Å². The average molecular weight is 501 g/mol. The maximum Gasteiger partial charge on any atom is 0.222 e. The number of hydrogen-bond donors (Lipinski definition) is 3. The van der Waals surface area contributed by atoms with Crippen LogP contribution in [0.1, 0.15) is 39.7 Å². The zero-order valence-electron chi connectivity index (χ0n) is 20.5. The number of carbonyl (C=O) groups is 1. The molecule has 4 aliphatic rings. The van der Waals surface area contributed by atoms with Gasteiger partial charge in [-0.1, -0.05) is 50.6 Å². The summed E-state index contributed by atoms with van der Waals surface area (Å²) in [5, 5.41) is 34.6. The van der Waals surface area contributed by atoms with Gasteiger partial charge < -0.3 is 20.1 Å². The van der Waals surface area contributed by atoms with E-state index in [9.17, 15) is 20.1 Å². The monoisotopic (exact) mass is 500 g/mol. The molecule has 0 radical (unpaired) electrons. The summed E-state index contributed by atoms with van der Waals surface area (Å²) in [6.07, 6.45) is 4.92. The van der Waals surface area contributed by atoms with E-state index in [0.717, 1.165) is 6.42 Å². The van der Waals surface area contributed by atoms with Crippen molar-refractivity contribution in [3.63, 3.8) is 0 Å². The SMILES string of the molecule is C=CCc1c(Cl)ncnc1O[C@H]1C(C)=C[C@]23C(=O)[C@@H](C=C(CO)[C@@H](O)[C@]12O)[C@H]1[C@@H](C[C@H]3C)C1(C)C. The minimum atomic E-state index is -2.04. The molecule has 1 spiro atoms. The number of nitrogens with zero attached hydrogens (tertiary/aromatic N) is 2. The third-order valence-electron chi connectivity index (χ3n) is 9.33. The van der Waals surface area contributed by atoms with Crippen molar-refractivity contribution in [1.82, 2.24) is 9.97 Å². The van der Waals surface area contributed by atoms with Gasteiger partial charge in [0.05, 0.1) is 17.6 Å². The van der Waals surface area contributed by atoms with Crippen molar-refractivity contribution in [2.45, 2.75) is 58.3 Å². The highest BCUT2D eigenvalue weighted by atomic mass is 35.5. The van der Waals surface area contributed by atoms with E-state index in [1.807, 2.05) is 13.0 Å². The van der Waals surface area contributed by atoms with Gasteiger partial charge in [0.15, 0.2) is 17.5 Å². The Hall–Kier alpha value is -2.06. The molecule has 188 valence electrons. The van der Waals surface area contributed by atoms with Crippen molar-refractivity contribution in [1.29, 1.82) is 0 Å². The number of carbonyl (C=O) groups excluding carboxylic acids is 1. The highest BCUT2D eigenvalue weighted by molar-refractivity contribution is 6.30. The Morgan fingerprint density at radius 2 is 2.06 bits per heavy atom. The van der Waals surface area contributed by atoms with E-state index >= 15 is 0 Å². The summed E-state index contributed by atoms with van der Waals surface area (Å²) in [7, 11) is 0. The lowest BCUT2D eigenvalue weighted by molar-refractivity contribution is -0.186. The molecule has 0 aromatic carbocycles. The first-order valence-corrected chi connectivity index (χ1v) is 12.6. The van der Waals surface area contributed by atoms with Gasteiger partial charge in [-0.25, -0.2) is 9.97 Å². The number of aliphatic hydroxyl groups excluding tert-OH is 2. The Bertz CT molecular complexity index is 1160. The average Bonchev–Trinajstić information content (AvgIpc) is 3.29. The van der Waals surface area contributed by atoms with Crippen LogP contribution in [0.4, 0.5) is 0 Å². The standard InChI is InChI=1S/C27H33ClN2O5/c1-6-7-16-23(28)29-12-30-24(16)35-22-13(2)10-26-14(3)8-18-19(25(18,4)5)17(21(26)33)9-15(11-31)20(32)27(22,26)34/h6,9-10,12,14,17-20,22,31-32,34H,1,7-8,11H2,2-5H3/t14-,17+,18-,19+,20-,22+,26+,27+/m1/s1. The van der Waals surface area contributed by atoms with Crippen LogP contribution in [-0.4, -0.2) is 55.5 Å². The zero-order valence-corrected chi connectivity index (χ0v) is 21.3. The molecule has 5 rings (SSSR count). The van der Waals surface area contributed by atoms with Gasteiger partial charge >= 0.3 is 0 Å². The van der Waals surface area contributed by atoms with Gasteiger partial charge in [0.25, 0.3) is 0 Å². The molecular formula is C27H33ClN2O5. The van der Waals surface area contributed by atoms with Gasteiger partial charge in [0.2, 0.25) is 5.88 Å². The summed E-state index contributed by atoms with van der Waals surface area (Å²) >= 11 is 6.30. The van der Waals surface area contributed by atoms with E-state index in [0.29, 0.717) is 23.5 Å². The number of aromatic nitrogens is 2. The smallest absolute Gasteiger partial charge is 0.222 e. The third kappa shape index (κ3) is 3.05. The van der Waals surface area contributed by atoms with E-state index < -0.39 is 35.7 Å². The number of ether oxygens (including phenoxy) is 1. The molecule has 0 saturated heterocycles. The van der Waals surface area contributed by atoms with Crippen molar-refractivity contribution in [2.24, 2.45) is 34.5 Å². The molecule has 4 aliphatic carbocycles. The van der Waals surface area contributed by atoms with Crippen molar-refractivity contribution in [3.05, 3.63) is 53.0 Å². The maximum atomic E-state index is 14.4. The van der Waals surface area contributed by atoms with Gasteiger partial charge in [0.1, 0.15) is 17.6 Å². The van der Waals surface area contributed by atoms with Crippen molar-refractivity contribution in [2.75, 3.05) is 6.61 Å². The highest BCUT2D eigenvalue weighted by Crippen LogP contribution is 2.71. The second-order valence-electron chi connectivity index (χ2n) is 11.3. The van der Waals surface area contributed by atoms with Crippen LogP contribution in [0.25, 0.3) is 0 Å². The largest absolute Gasteiger partial charge is 0.466 e. The van der Waals surface area contributed by atoms with Crippen LogP contribution in [0.3, 0.4) is 0 Å². The molecule has 0 amide bonds. The van der Waals surface area contributed by atoms with Gasteiger partial charge in [-0.05, 0) is 54.1 Å². The van der Waals surface area contributed by atoms with Crippen LogP contribution in [0.2, 0.25) is 5.15 Å². The molecule has 0 unspecified atom stereocenters. The Kier molecular flexibility index (Phi) is 5.61. The molecule has 2 fully saturated rings. The van der Waals surface area contributed by atoms with Gasteiger partial charge in [-0.15, -0.1) is 6.58 Å². The summed E-state index contributed by atoms with van der Waals surface area (Å²) in [5.41, 5.74) is -2.07. The molecule has 2 bridgehead atoms. The molecule has 3 N–H and O–H groups in total. The minimum Gasteiger partial charge on any atom is -0.466 e. The lowest BCUT2D eigenvalue weighted by Crippen LogP contribution is -2.66. The molecule has 0 aliphatic heterocycles. The molecule has 1 aromatic heterocycles. The number of halogens is 1. The molecule has 1 aromatic rings. The topological polar surface area (TPSA) is 113 Å². The lowest BCUT2D eigenvalue weighted by Gasteiger charge is -2.49. The van der Waals surface area contributed by atoms with Gasteiger partial charge in [0, 0.05) is 5.92 Å². The highest BCUT2D eigenvalue weighted by Gasteiger charge is 2.76. The van der Waals surface area contributed by atoms with E-state index in [4.69, 9.17) is 16.3 Å². The second-order valence-corrected chi connectivity index (χ2v) is 11.7. The Morgan fingerprint density at radius 3 is 2.71 bits per heavy atom. The van der Waals surface area contributed by atoms with E-state index in [1.54, 1.807) is 19.1 Å². The fourth-order valence-electron chi connectivity index (χ4n) is 7.50. The first kappa shape index (κ1) is 24.6. The summed E-state index contributed by atoms with van der Waals surface area (Å²) in [6.45, 7) is 11.4. The summed E-state index contributed by atoms with van der Waals surface area (Å²) in [4.78, 5) is 22.7. The fourth-order valence-corrected chi connectivity index (χ4v) is 7.70. The molecule has 7 nitrogen and oxygen atoms in total. The Balaban J connectivity index is 1.68. The number of Topliss-reactive ketones (excluding diaryl/α,β-unsaturated/α-hetero) is 1. The first-order valence-electron chi connectivity index (χ1n) is 12.2. The number of fused-ring (bicyclic) bond motifs is 3. The molecule has 8 atom stereocenters. The fraction of sp³-hybridized carbons (Fsp3) is 0.593. The van der Waals surface area contributed by atoms with Crippen molar-refractivity contribution >= 4 is 17.4 Å². The first-order chi connectivity index (χ1) is 16.5. The van der Waals surface area contributed by atoms with Gasteiger partial charge in [-0.2, -0.15) is 0 Å². The summed E-state index contributed by atoms with van der Waals surface area (Å²) < 4.78 is 6.32. The van der Waals surface area contributed by atoms with Crippen LogP contribution in [-0.2, 0) is 11.2 Å². The number of rotatable bonds is 5. The quantitative estimate of drug-likeness (QED) is 0.420. The van der Waals surface area contributed by atoms with E-state index in [-0.39, 0.29) is 39.6 Å². The van der Waals surface area contributed by atoms with Gasteiger partial charge in [-0.3, -0.25) is 4.79 Å². The number of ketones is 1. The van der Waals surface area contributed by atoms with Crippen LogP contribution in [0.15, 0.2) is 42.3 Å². The molecule has 2 saturated carbocycles. The minimum absolute atomic E-state index is 0.0226. The third-order valence-corrected chi connectivity index (χ3v) is 9.65. The molecule has 8 heteroatoms. The van der Waals surface area contributed by atoms with Crippen LogP contribution in [0, 0.1) is 34.5 Å². The van der Waals surface area contributed by atoms with Crippen LogP contribution >= 0.6 is 11.6 Å². The maximum absolute atomic E-state index is 14.4. The Morgan fingerprint density at radius 1 is 1.34 bits per heavy atom. The second kappa shape index (κ2) is 7.97. The van der Waals surface area contributed by atoms with Crippen LogP contribution in [0.5, 0.6) is 5.88 Å². The Labute approximate surface area is 210 Å². The zero-order chi connectivity index (χ0) is 25.5. The lowest BCUT2D eigenvalue weighted by atomic mass is 9.59. The van der Waals surface area contributed by atoms with Crippen molar-refractivity contribution in [3.8, 4) is 5.88 Å². The van der Waals surface area contributed by atoms with E-state index in [2.05, 4.69) is 30.4 Å². The van der Waals surface area contributed by atoms with E-state index in [1.165, 1.54) is 6.33 Å². The summed E-state index contributed by atoms with van der Waals surface area (Å²) in [6, 6.07) is 0. The predicted octanol–water partition coefficient (Wildman–Crippen LogP) is 3.07. The summed E-state index contributed by atoms with van der Waals surface area (Å²) in [5.74, 6) is -0.306. The predicted molar refractivity (Wildman–Crippen MR) is 131 cm³/mol. The molecule has 1 heterocycles. The molecule has 35 heavy (non-hydrogen) atoms. The number of hydrogen-bond acceptors (Lipinski definition) is 7. The molecular weight excluding hydrogens is 468 g/mol. The normalized spacial score (nSPS) is 41.1.